The van der Waals surface area contributed by atoms with Crippen LogP contribution in [0.15, 0.2) is 36.4 Å². The molecule has 0 radical (unpaired) electrons. The summed E-state index contributed by atoms with van der Waals surface area (Å²) in [6.07, 6.45) is 1.53. The van der Waals surface area contributed by atoms with Gasteiger partial charge in [-0.05, 0) is 41.0 Å². The van der Waals surface area contributed by atoms with Crippen molar-refractivity contribution in [2.45, 2.75) is 32.4 Å². The molecule has 0 heterocycles. The average Bonchev–Trinajstić information content (AvgIpc) is 2.50. The zero-order chi connectivity index (χ0) is 14.4. The first kappa shape index (κ1) is 14.4. The summed E-state index contributed by atoms with van der Waals surface area (Å²) in [4.78, 5) is 0. The van der Waals surface area contributed by atoms with Gasteiger partial charge in [-0.3, -0.25) is 0 Å². The molecular weight excluding hydrogens is 248 g/mol. The molecule has 0 amide bonds. The highest BCUT2D eigenvalue weighted by molar-refractivity contribution is 5.84. The fraction of sp³-hybridized carbons (Fsp3) is 0.353. The lowest BCUT2D eigenvalue weighted by atomic mass is 10.1. The van der Waals surface area contributed by atoms with Gasteiger partial charge in [0, 0.05) is 12.6 Å². The monoisotopic (exact) mass is 268 g/mol. The number of nitriles is 1. The Morgan fingerprint density at radius 1 is 1.20 bits per heavy atom. The van der Waals surface area contributed by atoms with Gasteiger partial charge >= 0.3 is 0 Å². The Hall–Kier alpha value is -2.05. The molecule has 0 saturated heterocycles. The Morgan fingerprint density at radius 3 is 2.65 bits per heavy atom. The number of nitrogens with zero attached hydrogens (tertiary/aromatic N) is 1. The van der Waals surface area contributed by atoms with Gasteiger partial charge in [0.2, 0.25) is 0 Å². The van der Waals surface area contributed by atoms with Crippen molar-refractivity contribution in [3.63, 3.8) is 0 Å². The first-order valence-corrected chi connectivity index (χ1v) is 6.93. The highest BCUT2D eigenvalue weighted by atomic mass is 16.5. The van der Waals surface area contributed by atoms with Crippen LogP contribution in [0.25, 0.3) is 10.8 Å². The molecule has 0 aliphatic rings. The quantitative estimate of drug-likeness (QED) is 0.870. The van der Waals surface area contributed by atoms with Crippen molar-refractivity contribution in [3.05, 3.63) is 42.0 Å². The predicted octanol–water partition coefficient (Wildman–Crippen LogP) is 3.63. The molecule has 1 unspecified atom stereocenters. The van der Waals surface area contributed by atoms with E-state index in [9.17, 15) is 0 Å². The van der Waals surface area contributed by atoms with Gasteiger partial charge in [0.25, 0.3) is 0 Å². The molecule has 0 bridgehead atoms. The summed E-state index contributed by atoms with van der Waals surface area (Å²) < 4.78 is 5.23. The maximum absolute atomic E-state index is 8.75. The van der Waals surface area contributed by atoms with E-state index in [1.807, 2.05) is 12.1 Å². The Kier molecular flexibility index (Phi) is 4.97. The third kappa shape index (κ3) is 3.49. The number of benzene rings is 2. The van der Waals surface area contributed by atoms with Crippen molar-refractivity contribution in [1.82, 2.24) is 5.32 Å². The predicted molar refractivity (Wildman–Crippen MR) is 81.6 cm³/mol. The summed E-state index contributed by atoms with van der Waals surface area (Å²) >= 11 is 0. The van der Waals surface area contributed by atoms with E-state index in [2.05, 4.69) is 42.6 Å². The summed E-state index contributed by atoms with van der Waals surface area (Å²) in [6, 6.07) is 15.0. The smallest absolute Gasteiger partial charge is 0.119 e. The van der Waals surface area contributed by atoms with Gasteiger partial charge in [-0.2, -0.15) is 5.26 Å². The summed E-state index contributed by atoms with van der Waals surface area (Å²) in [5, 5.41) is 14.6. The number of hydrogen-bond donors (Lipinski definition) is 1. The SMILES string of the molecule is CCC(CC#N)NCc1ccc2cc(OC)ccc2c1. The Bertz CT molecular complexity index is 616. The maximum Gasteiger partial charge on any atom is 0.119 e. The Balaban J connectivity index is 2.10. The van der Waals surface area contributed by atoms with Crippen LogP contribution >= 0.6 is 0 Å². The second-order valence-corrected chi connectivity index (χ2v) is 4.90. The first-order valence-electron chi connectivity index (χ1n) is 6.93. The van der Waals surface area contributed by atoms with Crippen molar-refractivity contribution in [2.75, 3.05) is 7.11 Å². The minimum atomic E-state index is 0.270. The second kappa shape index (κ2) is 6.93. The third-order valence-electron chi connectivity index (χ3n) is 3.54. The Morgan fingerprint density at radius 2 is 1.95 bits per heavy atom. The van der Waals surface area contributed by atoms with Gasteiger partial charge in [-0.1, -0.05) is 25.1 Å². The lowest BCUT2D eigenvalue weighted by Gasteiger charge is -2.14. The van der Waals surface area contributed by atoms with Crippen LogP contribution in [0, 0.1) is 11.3 Å². The van der Waals surface area contributed by atoms with E-state index in [0.717, 1.165) is 18.7 Å². The number of nitrogens with one attached hydrogen (secondary N) is 1. The van der Waals surface area contributed by atoms with Crippen LogP contribution < -0.4 is 10.1 Å². The van der Waals surface area contributed by atoms with E-state index in [1.54, 1.807) is 7.11 Å². The third-order valence-corrected chi connectivity index (χ3v) is 3.54. The van der Waals surface area contributed by atoms with Crippen molar-refractivity contribution < 1.29 is 4.74 Å². The van der Waals surface area contributed by atoms with E-state index in [4.69, 9.17) is 10.00 Å². The number of fused-ring (bicyclic) bond motifs is 1. The molecule has 3 nitrogen and oxygen atoms in total. The van der Waals surface area contributed by atoms with Crippen LogP contribution in [0.5, 0.6) is 5.75 Å². The van der Waals surface area contributed by atoms with Crippen LogP contribution in [0.4, 0.5) is 0 Å². The summed E-state index contributed by atoms with van der Waals surface area (Å²) in [5.41, 5.74) is 1.24. The minimum absolute atomic E-state index is 0.270. The van der Waals surface area contributed by atoms with Gasteiger partial charge in [-0.15, -0.1) is 0 Å². The Labute approximate surface area is 120 Å². The topological polar surface area (TPSA) is 45.0 Å². The fourth-order valence-corrected chi connectivity index (χ4v) is 2.24. The lowest BCUT2D eigenvalue weighted by Crippen LogP contribution is -2.27. The highest BCUT2D eigenvalue weighted by Crippen LogP contribution is 2.21. The summed E-state index contributed by atoms with van der Waals surface area (Å²) in [6.45, 7) is 2.89. The highest BCUT2D eigenvalue weighted by Gasteiger charge is 2.05. The van der Waals surface area contributed by atoms with E-state index in [0.29, 0.717) is 6.42 Å². The maximum atomic E-state index is 8.75. The normalized spacial score (nSPS) is 12.1. The zero-order valence-corrected chi connectivity index (χ0v) is 12.0. The van der Waals surface area contributed by atoms with Crippen LogP contribution in [0.1, 0.15) is 25.3 Å². The van der Waals surface area contributed by atoms with Crippen molar-refractivity contribution in [2.24, 2.45) is 0 Å². The van der Waals surface area contributed by atoms with E-state index in [-0.39, 0.29) is 6.04 Å². The molecule has 0 aliphatic carbocycles. The molecule has 1 atom stereocenters. The average molecular weight is 268 g/mol. The van der Waals surface area contributed by atoms with Crippen LogP contribution in [0.3, 0.4) is 0 Å². The van der Waals surface area contributed by atoms with Gasteiger partial charge in [-0.25, -0.2) is 0 Å². The molecule has 2 aromatic carbocycles. The van der Waals surface area contributed by atoms with Crippen LogP contribution in [-0.4, -0.2) is 13.2 Å². The fourth-order valence-electron chi connectivity index (χ4n) is 2.24. The molecule has 2 rings (SSSR count). The molecule has 20 heavy (non-hydrogen) atoms. The van der Waals surface area contributed by atoms with Gasteiger partial charge < -0.3 is 10.1 Å². The molecule has 2 aromatic rings. The van der Waals surface area contributed by atoms with Crippen molar-refractivity contribution in [3.8, 4) is 11.8 Å². The minimum Gasteiger partial charge on any atom is -0.497 e. The molecule has 0 aliphatic heterocycles. The standard InChI is InChI=1S/C17H20N2O/c1-3-16(8-9-18)19-12-13-4-5-15-11-17(20-2)7-6-14(15)10-13/h4-7,10-11,16,19H,3,8,12H2,1-2H3. The number of methoxy groups -OCH3 is 1. The lowest BCUT2D eigenvalue weighted by molar-refractivity contribution is 0.415. The van der Waals surface area contributed by atoms with Gasteiger partial charge in [0.1, 0.15) is 5.75 Å². The molecule has 0 spiro atoms. The molecular formula is C17H20N2O. The molecule has 0 fully saturated rings. The van der Waals surface area contributed by atoms with E-state index >= 15 is 0 Å². The van der Waals surface area contributed by atoms with Gasteiger partial charge in [0.15, 0.2) is 0 Å². The summed E-state index contributed by atoms with van der Waals surface area (Å²) in [5.74, 6) is 0.878. The molecule has 1 N–H and O–H groups in total. The molecule has 0 aromatic heterocycles. The number of ether oxygens (including phenoxy) is 1. The van der Waals surface area contributed by atoms with Crippen LogP contribution in [-0.2, 0) is 6.54 Å². The largest absolute Gasteiger partial charge is 0.497 e. The van der Waals surface area contributed by atoms with Crippen LogP contribution in [0.2, 0.25) is 0 Å². The van der Waals surface area contributed by atoms with Crippen molar-refractivity contribution in [1.29, 1.82) is 5.26 Å². The molecule has 104 valence electrons. The number of hydrogen-bond acceptors (Lipinski definition) is 3. The molecule has 0 saturated carbocycles. The number of rotatable bonds is 6. The zero-order valence-electron chi connectivity index (χ0n) is 12.0. The van der Waals surface area contributed by atoms with E-state index in [1.165, 1.54) is 16.3 Å². The van der Waals surface area contributed by atoms with E-state index < -0.39 is 0 Å². The van der Waals surface area contributed by atoms with Gasteiger partial charge in [0.05, 0.1) is 19.6 Å². The first-order chi connectivity index (χ1) is 9.76. The second-order valence-electron chi connectivity index (χ2n) is 4.90. The molecule has 3 heteroatoms. The van der Waals surface area contributed by atoms with Crippen molar-refractivity contribution >= 4 is 10.8 Å². The summed E-state index contributed by atoms with van der Waals surface area (Å²) in [7, 11) is 1.68.